The van der Waals surface area contributed by atoms with E-state index in [2.05, 4.69) is 20.9 Å². The van der Waals surface area contributed by atoms with Crippen LogP contribution in [0.4, 0.5) is 5.82 Å². The Morgan fingerprint density at radius 1 is 1.27 bits per heavy atom. The lowest BCUT2D eigenvalue weighted by Gasteiger charge is -1.89. The van der Waals surface area contributed by atoms with E-state index in [-0.39, 0.29) is 0 Å². The molecule has 56 valence electrons. The van der Waals surface area contributed by atoms with Crippen molar-refractivity contribution in [2.24, 2.45) is 0 Å². The van der Waals surface area contributed by atoms with Gasteiger partial charge in [-0.1, -0.05) is 22.0 Å². The predicted octanol–water partition coefficient (Wildman–Crippen LogP) is 2.51. The van der Waals surface area contributed by atoms with Crippen molar-refractivity contribution in [3.63, 3.8) is 0 Å². The summed E-state index contributed by atoms with van der Waals surface area (Å²) in [5, 5.41) is 1.14. The first kappa shape index (κ1) is 6.73. The van der Waals surface area contributed by atoms with E-state index in [0.717, 1.165) is 15.4 Å². The van der Waals surface area contributed by atoms with Gasteiger partial charge >= 0.3 is 0 Å². The highest BCUT2D eigenvalue weighted by Gasteiger charge is 1.96. The normalized spacial score (nSPS) is 10.6. The van der Waals surface area contributed by atoms with E-state index in [1.54, 1.807) is 0 Å². The Hall–Kier alpha value is -0.960. The van der Waals surface area contributed by atoms with E-state index in [1.807, 2.05) is 24.3 Å². The van der Waals surface area contributed by atoms with E-state index in [4.69, 9.17) is 5.73 Å². The van der Waals surface area contributed by atoms with Gasteiger partial charge in [0.25, 0.3) is 0 Å². The molecule has 1 heterocycles. The number of benzene rings is 1. The number of nitrogens with two attached hydrogens (primary N) is 1. The third kappa shape index (κ3) is 1.12. The van der Waals surface area contributed by atoms with Crippen molar-refractivity contribution in [3.8, 4) is 0 Å². The molecule has 0 unspecified atom stereocenters. The molecule has 0 aliphatic rings. The van der Waals surface area contributed by atoms with Crippen LogP contribution in [-0.4, -0.2) is 4.98 Å². The Kier molecular flexibility index (Phi) is 1.39. The fraction of sp³-hybridized carbons (Fsp3) is 0. The minimum absolute atomic E-state index is 0.707. The first-order valence-electron chi connectivity index (χ1n) is 3.29. The largest absolute Gasteiger partial charge is 0.385 e. The van der Waals surface area contributed by atoms with Crippen LogP contribution in [0.25, 0.3) is 10.9 Å². The standard InChI is InChI=1S/C8H7BrN2/c9-6-2-1-5-3-8(10)11-7(5)4-6/h1-4,11H,10H2. The van der Waals surface area contributed by atoms with E-state index in [1.165, 1.54) is 0 Å². The molecule has 0 atom stereocenters. The van der Waals surface area contributed by atoms with Crippen LogP contribution < -0.4 is 5.73 Å². The summed E-state index contributed by atoms with van der Waals surface area (Å²) in [5.41, 5.74) is 6.64. The van der Waals surface area contributed by atoms with Crippen molar-refractivity contribution >= 4 is 32.7 Å². The Labute approximate surface area is 72.5 Å². The van der Waals surface area contributed by atoms with Gasteiger partial charge < -0.3 is 10.7 Å². The van der Waals surface area contributed by atoms with Crippen LogP contribution in [0.1, 0.15) is 0 Å². The second-order valence-corrected chi connectivity index (χ2v) is 3.37. The van der Waals surface area contributed by atoms with Crippen LogP contribution in [0.5, 0.6) is 0 Å². The maximum atomic E-state index is 5.57. The highest BCUT2D eigenvalue weighted by Crippen LogP contribution is 2.20. The van der Waals surface area contributed by atoms with E-state index >= 15 is 0 Å². The maximum absolute atomic E-state index is 5.57. The molecule has 0 spiro atoms. The molecule has 3 N–H and O–H groups in total. The van der Waals surface area contributed by atoms with Crippen LogP contribution in [0.15, 0.2) is 28.7 Å². The zero-order chi connectivity index (χ0) is 7.84. The average Bonchev–Trinajstić information content (AvgIpc) is 2.27. The van der Waals surface area contributed by atoms with Crippen LogP contribution in [-0.2, 0) is 0 Å². The van der Waals surface area contributed by atoms with Crippen LogP contribution >= 0.6 is 15.9 Å². The number of H-pyrrole nitrogens is 1. The molecule has 3 heteroatoms. The third-order valence-electron chi connectivity index (χ3n) is 1.61. The SMILES string of the molecule is Nc1cc2ccc(Br)cc2[nH]1. The quantitative estimate of drug-likeness (QED) is 0.690. The molecule has 0 saturated carbocycles. The summed E-state index contributed by atoms with van der Waals surface area (Å²) in [7, 11) is 0. The minimum Gasteiger partial charge on any atom is -0.385 e. The third-order valence-corrected chi connectivity index (χ3v) is 2.10. The number of fused-ring (bicyclic) bond motifs is 1. The van der Waals surface area contributed by atoms with E-state index in [0.29, 0.717) is 5.82 Å². The fourth-order valence-electron chi connectivity index (χ4n) is 1.12. The second-order valence-electron chi connectivity index (χ2n) is 2.46. The molecule has 2 aromatic rings. The molecule has 0 bridgehead atoms. The molecule has 1 aromatic heterocycles. The maximum Gasteiger partial charge on any atom is 0.101 e. The topological polar surface area (TPSA) is 41.8 Å². The highest BCUT2D eigenvalue weighted by molar-refractivity contribution is 9.10. The summed E-state index contributed by atoms with van der Waals surface area (Å²) in [4.78, 5) is 3.05. The van der Waals surface area contributed by atoms with Gasteiger partial charge in [-0.15, -0.1) is 0 Å². The first-order chi connectivity index (χ1) is 5.25. The molecular formula is C8H7BrN2. The van der Waals surface area contributed by atoms with Gasteiger partial charge in [-0.05, 0) is 18.2 Å². The van der Waals surface area contributed by atoms with E-state index < -0.39 is 0 Å². The van der Waals surface area contributed by atoms with Crippen LogP contribution in [0.3, 0.4) is 0 Å². The Bertz CT molecular complexity index is 392. The molecule has 0 radical (unpaired) electrons. The lowest BCUT2D eigenvalue weighted by Crippen LogP contribution is -1.80. The summed E-state index contributed by atoms with van der Waals surface area (Å²) in [5.74, 6) is 0.707. The first-order valence-corrected chi connectivity index (χ1v) is 4.09. The van der Waals surface area contributed by atoms with Gasteiger partial charge in [0.1, 0.15) is 5.82 Å². The average molecular weight is 211 g/mol. The van der Waals surface area contributed by atoms with Crippen molar-refractivity contribution in [3.05, 3.63) is 28.7 Å². The molecule has 0 fully saturated rings. The lowest BCUT2D eigenvalue weighted by atomic mass is 10.2. The predicted molar refractivity (Wildman–Crippen MR) is 50.4 cm³/mol. The van der Waals surface area contributed by atoms with Gasteiger partial charge in [-0.2, -0.15) is 0 Å². The number of nitrogen functional groups attached to an aromatic ring is 1. The summed E-state index contributed by atoms with van der Waals surface area (Å²) >= 11 is 3.38. The number of halogens is 1. The van der Waals surface area contributed by atoms with Crippen molar-refractivity contribution in [2.45, 2.75) is 0 Å². The van der Waals surface area contributed by atoms with Crippen LogP contribution in [0, 0.1) is 0 Å². The van der Waals surface area contributed by atoms with Gasteiger partial charge in [-0.25, -0.2) is 0 Å². The molecule has 11 heavy (non-hydrogen) atoms. The molecule has 0 aliphatic heterocycles. The minimum atomic E-state index is 0.707. The second kappa shape index (κ2) is 2.27. The fourth-order valence-corrected chi connectivity index (χ4v) is 1.48. The van der Waals surface area contributed by atoms with Crippen molar-refractivity contribution in [1.82, 2.24) is 4.98 Å². The molecule has 1 aromatic carbocycles. The molecule has 0 aliphatic carbocycles. The van der Waals surface area contributed by atoms with Crippen molar-refractivity contribution in [1.29, 1.82) is 0 Å². The number of anilines is 1. The monoisotopic (exact) mass is 210 g/mol. The van der Waals surface area contributed by atoms with Crippen molar-refractivity contribution in [2.75, 3.05) is 5.73 Å². The van der Waals surface area contributed by atoms with Gasteiger partial charge in [0, 0.05) is 15.4 Å². The Balaban J connectivity index is 2.82. The Morgan fingerprint density at radius 2 is 2.09 bits per heavy atom. The van der Waals surface area contributed by atoms with Crippen molar-refractivity contribution < 1.29 is 0 Å². The van der Waals surface area contributed by atoms with Gasteiger partial charge in [0.2, 0.25) is 0 Å². The number of hydrogen-bond acceptors (Lipinski definition) is 1. The lowest BCUT2D eigenvalue weighted by molar-refractivity contribution is 1.47. The summed E-state index contributed by atoms with van der Waals surface area (Å²) in [6.07, 6.45) is 0. The number of hydrogen-bond donors (Lipinski definition) is 2. The molecule has 2 rings (SSSR count). The van der Waals surface area contributed by atoms with Crippen LogP contribution in [0.2, 0.25) is 0 Å². The molecular weight excluding hydrogens is 204 g/mol. The number of rotatable bonds is 0. The van der Waals surface area contributed by atoms with Gasteiger partial charge in [0.15, 0.2) is 0 Å². The molecule has 2 nitrogen and oxygen atoms in total. The zero-order valence-corrected chi connectivity index (χ0v) is 7.35. The number of aromatic nitrogens is 1. The number of nitrogens with one attached hydrogen (secondary N) is 1. The number of aromatic amines is 1. The smallest absolute Gasteiger partial charge is 0.101 e. The summed E-state index contributed by atoms with van der Waals surface area (Å²) in [6.45, 7) is 0. The van der Waals surface area contributed by atoms with E-state index in [9.17, 15) is 0 Å². The zero-order valence-electron chi connectivity index (χ0n) is 5.76. The van der Waals surface area contributed by atoms with Gasteiger partial charge in [-0.3, -0.25) is 0 Å². The summed E-state index contributed by atoms with van der Waals surface area (Å²) < 4.78 is 1.06. The highest BCUT2D eigenvalue weighted by atomic mass is 79.9. The van der Waals surface area contributed by atoms with Gasteiger partial charge in [0.05, 0.1) is 0 Å². The molecule has 0 saturated heterocycles. The molecule has 0 amide bonds. The Morgan fingerprint density at radius 3 is 2.91 bits per heavy atom. The summed E-state index contributed by atoms with van der Waals surface area (Å²) in [6, 6.07) is 7.94.